The van der Waals surface area contributed by atoms with E-state index in [0.29, 0.717) is 10.7 Å². The molecule has 1 atom stereocenters. The second kappa shape index (κ2) is 6.91. The number of nitrogen functional groups attached to an aromatic ring is 1. The van der Waals surface area contributed by atoms with Crippen molar-refractivity contribution < 1.29 is 4.79 Å². The summed E-state index contributed by atoms with van der Waals surface area (Å²) < 4.78 is 0. The molecule has 0 aliphatic rings. The van der Waals surface area contributed by atoms with Crippen molar-refractivity contribution >= 4 is 39.5 Å². The fourth-order valence-electron chi connectivity index (χ4n) is 1.98. The minimum atomic E-state index is -0.163. The van der Waals surface area contributed by atoms with Crippen LogP contribution in [-0.2, 0) is 0 Å². The smallest absolute Gasteiger partial charge is 0.265 e. The van der Waals surface area contributed by atoms with E-state index in [-0.39, 0.29) is 11.9 Å². The molecule has 3 N–H and O–H groups in total. The zero-order valence-corrected chi connectivity index (χ0v) is 14.1. The van der Waals surface area contributed by atoms with E-state index in [1.54, 1.807) is 11.3 Å². The van der Waals surface area contributed by atoms with Crippen molar-refractivity contribution in [2.24, 2.45) is 0 Å². The average Bonchev–Trinajstić information content (AvgIpc) is 3.10. The van der Waals surface area contributed by atoms with Crippen LogP contribution in [0.1, 0.15) is 41.4 Å². The Bertz CT molecular complexity index is 590. The number of nitrogens with one attached hydrogen (secondary N) is 1. The Morgan fingerprint density at radius 1 is 1.48 bits per heavy atom. The first-order valence-electron chi connectivity index (χ1n) is 6.92. The van der Waals surface area contributed by atoms with E-state index in [1.165, 1.54) is 11.3 Å². The Balaban J connectivity index is 2.12. The number of aromatic nitrogens is 1. The molecule has 0 bridgehead atoms. The van der Waals surface area contributed by atoms with E-state index in [4.69, 9.17) is 5.73 Å². The minimum Gasteiger partial charge on any atom is -0.382 e. The third-order valence-electron chi connectivity index (χ3n) is 3.20. The zero-order valence-electron chi connectivity index (χ0n) is 12.4. The van der Waals surface area contributed by atoms with Crippen LogP contribution >= 0.6 is 22.7 Å². The number of rotatable bonds is 6. The summed E-state index contributed by atoms with van der Waals surface area (Å²) in [5.74, 6) is 0.141. The standard InChI is InChI=1S/C14H20N4OS2/c1-4-18(5-2)14-17-12(15)11(21-14)13(19)16-9(3)10-7-6-8-20-10/h6-9H,4-5,15H2,1-3H3,(H,16,19). The maximum absolute atomic E-state index is 12.3. The second-order valence-electron chi connectivity index (χ2n) is 4.59. The predicted molar refractivity (Wildman–Crippen MR) is 90.3 cm³/mol. The van der Waals surface area contributed by atoms with Crippen LogP contribution in [-0.4, -0.2) is 24.0 Å². The van der Waals surface area contributed by atoms with Crippen LogP contribution in [0.25, 0.3) is 0 Å². The second-order valence-corrected chi connectivity index (χ2v) is 6.55. The van der Waals surface area contributed by atoms with E-state index in [1.807, 2.05) is 24.4 Å². The summed E-state index contributed by atoms with van der Waals surface area (Å²) in [6.07, 6.45) is 0. The van der Waals surface area contributed by atoms with Crippen LogP contribution in [0.5, 0.6) is 0 Å². The van der Waals surface area contributed by atoms with Gasteiger partial charge in [-0.05, 0) is 32.2 Å². The largest absolute Gasteiger partial charge is 0.382 e. The van der Waals surface area contributed by atoms with Gasteiger partial charge in [0.2, 0.25) is 0 Å². The molecule has 0 aliphatic carbocycles. The highest BCUT2D eigenvalue weighted by molar-refractivity contribution is 7.18. The number of carbonyl (C=O) groups excluding carboxylic acids is 1. The number of nitrogens with two attached hydrogens (primary N) is 1. The Morgan fingerprint density at radius 3 is 2.76 bits per heavy atom. The van der Waals surface area contributed by atoms with Crippen molar-refractivity contribution in [2.45, 2.75) is 26.8 Å². The van der Waals surface area contributed by atoms with Gasteiger partial charge in [0, 0.05) is 18.0 Å². The van der Waals surface area contributed by atoms with E-state index in [0.717, 1.165) is 23.1 Å². The summed E-state index contributed by atoms with van der Waals surface area (Å²) in [5.41, 5.74) is 5.90. The molecule has 2 aromatic heterocycles. The van der Waals surface area contributed by atoms with Crippen LogP contribution in [0.3, 0.4) is 0 Å². The molecule has 1 unspecified atom stereocenters. The van der Waals surface area contributed by atoms with Crippen molar-refractivity contribution in [3.63, 3.8) is 0 Å². The van der Waals surface area contributed by atoms with Crippen LogP contribution in [0, 0.1) is 0 Å². The summed E-state index contributed by atoms with van der Waals surface area (Å²) >= 11 is 2.97. The molecule has 0 aliphatic heterocycles. The van der Waals surface area contributed by atoms with Gasteiger partial charge in [-0.15, -0.1) is 11.3 Å². The zero-order chi connectivity index (χ0) is 15.4. The lowest BCUT2D eigenvalue weighted by molar-refractivity contribution is 0.0945. The SMILES string of the molecule is CCN(CC)c1nc(N)c(C(=O)NC(C)c2cccs2)s1. The Labute approximate surface area is 132 Å². The highest BCUT2D eigenvalue weighted by Gasteiger charge is 2.20. The third-order valence-corrected chi connectivity index (χ3v) is 5.39. The van der Waals surface area contributed by atoms with E-state index >= 15 is 0 Å². The first-order valence-corrected chi connectivity index (χ1v) is 8.61. The summed E-state index contributed by atoms with van der Waals surface area (Å²) in [6, 6.07) is 3.95. The molecule has 5 nitrogen and oxygen atoms in total. The first kappa shape index (κ1) is 15.8. The van der Waals surface area contributed by atoms with Gasteiger partial charge in [-0.25, -0.2) is 4.98 Å². The van der Waals surface area contributed by atoms with E-state index < -0.39 is 0 Å². The van der Waals surface area contributed by atoms with Crippen LogP contribution in [0.4, 0.5) is 10.9 Å². The van der Waals surface area contributed by atoms with E-state index in [2.05, 4.69) is 29.0 Å². The monoisotopic (exact) mass is 324 g/mol. The van der Waals surface area contributed by atoms with Gasteiger partial charge in [-0.1, -0.05) is 17.4 Å². The number of carbonyl (C=O) groups is 1. The van der Waals surface area contributed by atoms with Gasteiger partial charge >= 0.3 is 0 Å². The van der Waals surface area contributed by atoms with Crippen LogP contribution in [0.15, 0.2) is 17.5 Å². The molecule has 0 saturated heterocycles. The Hall–Kier alpha value is -1.60. The Morgan fingerprint density at radius 2 is 2.19 bits per heavy atom. The first-order chi connectivity index (χ1) is 10.1. The van der Waals surface area contributed by atoms with Crippen molar-refractivity contribution in [2.75, 3.05) is 23.7 Å². The molecule has 21 heavy (non-hydrogen) atoms. The normalized spacial score (nSPS) is 12.1. The molecule has 0 saturated carbocycles. The predicted octanol–water partition coefficient (Wildman–Crippen LogP) is 3.12. The maximum atomic E-state index is 12.3. The summed E-state index contributed by atoms with van der Waals surface area (Å²) in [5, 5.41) is 5.77. The average molecular weight is 324 g/mol. The van der Waals surface area contributed by atoms with E-state index in [9.17, 15) is 4.79 Å². The molecule has 114 valence electrons. The quantitative estimate of drug-likeness (QED) is 0.856. The molecule has 1 amide bonds. The molecular weight excluding hydrogens is 304 g/mol. The van der Waals surface area contributed by atoms with Gasteiger partial charge in [0.1, 0.15) is 10.7 Å². The number of thiazole rings is 1. The molecule has 2 aromatic rings. The van der Waals surface area contributed by atoms with Gasteiger partial charge in [0.25, 0.3) is 5.91 Å². The summed E-state index contributed by atoms with van der Waals surface area (Å²) in [6.45, 7) is 7.76. The molecule has 0 radical (unpaired) electrons. The molecule has 0 spiro atoms. The third kappa shape index (κ3) is 3.54. The maximum Gasteiger partial charge on any atom is 0.265 e. The van der Waals surface area contributed by atoms with Crippen molar-refractivity contribution in [1.29, 1.82) is 0 Å². The molecule has 0 aromatic carbocycles. The summed E-state index contributed by atoms with van der Waals surface area (Å²) in [7, 11) is 0. The van der Waals surface area contributed by atoms with Crippen LogP contribution in [0.2, 0.25) is 0 Å². The lowest BCUT2D eigenvalue weighted by Crippen LogP contribution is -2.26. The van der Waals surface area contributed by atoms with Gasteiger partial charge in [0.15, 0.2) is 5.13 Å². The van der Waals surface area contributed by atoms with Crippen molar-refractivity contribution in [3.05, 3.63) is 27.3 Å². The molecule has 2 heterocycles. The number of thiophene rings is 1. The Kier molecular flexibility index (Phi) is 5.19. The van der Waals surface area contributed by atoms with Gasteiger partial charge in [-0.2, -0.15) is 0 Å². The number of hydrogen-bond acceptors (Lipinski definition) is 6. The highest BCUT2D eigenvalue weighted by Crippen LogP contribution is 2.28. The number of hydrogen-bond donors (Lipinski definition) is 2. The molecular formula is C14H20N4OS2. The summed E-state index contributed by atoms with van der Waals surface area (Å²) in [4.78, 5) is 20.3. The van der Waals surface area contributed by atoms with Gasteiger partial charge in [0.05, 0.1) is 6.04 Å². The molecule has 0 fully saturated rings. The lowest BCUT2D eigenvalue weighted by atomic mass is 10.2. The fraction of sp³-hybridized carbons (Fsp3) is 0.429. The lowest BCUT2D eigenvalue weighted by Gasteiger charge is -2.16. The molecule has 2 rings (SSSR count). The van der Waals surface area contributed by atoms with Crippen LogP contribution < -0.4 is 16.0 Å². The topological polar surface area (TPSA) is 71.2 Å². The minimum absolute atomic E-state index is 0.0316. The van der Waals surface area contributed by atoms with Crippen molar-refractivity contribution in [1.82, 2.24) is 10.3 Å². The van der Waals surface area contributed by atoms with Crippen molar-refractivity contribution in [3.8, 4) is 0 Å². The van der Waals surface area contributed by atoms with Gasteiger partial charge in [-0.3, -0.25) is 4.79 Å². The number of nitrogens with zero attached hydrogens (tertiary/aromatic N) is 2. The fourth-order valence-corrected chi connectivity index (χ4v) is 3.73. The molecule has 7 heteroatoms. The number of anilines is 2. The highest BCUT2D eigenvalue weighted by atomic mass is 32.1. The van der Waals surface area contributed by atoms with Gasteiger partial charge < -0.3 is 16.0 Å². The number of amides is 1.